The predicted octanol–water partition coefficient (Wildman–Crippen LogP) is 5.59. The van der Waals surface area contributed by atoms with Gasteiger partial charge in [0.2, 0.25) is 0 Å². The van der Waals surface area contributed by atoms with Crippen LogP contribution in [0, 0.1) is 6.42 Å². The van der Waals surface area contributed by atoms with Gasteiger partial charge in [-0.25, -0.2) is 15.0 Å². The molecule has 1 radical (unpaired) electrons. The fourth-order valence-electron chi connectivity index (χ4n) is 3.73. The molecule has 0 unspecified atom stereocenters. The van der Waals surface area contributed by atoms with Gasteiger partial charge < -0.3 is 4.90 Å². The Morgan fingerprint density at radius 1 is 0.862 bits per heavy atom. The van der Waals surface area contributed by atoms with E-state index in [1.165, 1.54) is 0 Å². The van der Waals surface area contributed by atoms with Crippen molar-refractivity contribution in [3.8, 4) is 17.1 Å². The van der Waals surface area contributed by atoms with Crippen molar-refractivity contribution in [2.45, 2.75) is 12.8 Å². The summed E-state index contributed by atoms with van der Waals surface area (Å²) < 4.78 is 2.02. The van der Waals surface area contributed by atoms with Gasteiger partial charge >= 0.3 is 0 Å². The van der Waals surface area contributed by atoms with Crippen LogP contribution in [0.2, 0.25) is 10.0 Å². The highest BCUT2D eigenvalue weighted by Gasteiger charge is 2.23. The standard InChI is InChI=1S/C22H18Cl2N5/c23-15-8-10-16(11-9-15)29-20(17-6-2-3-7-18(17)24)27-19-21(25-14-26-22(19)29)28-12-4-1-5-13-28/h1-3,6-11,14H,4-5,12-13H2. The minimum atomic E-state index is 0.639. The number of anilines is 1. The van der Waals surface area contributed by atoms with Crippen molar-refractivity contribution in [2.75, 3.05) is 18.0 Å². The van der Waals surface area contributed by atoms with Crippen LogP contribution in [0.5, 0.6) is 0 Å². The third-order valence-corrected chi connectivity index (χ3v) is 5.71. The molecular formula is C22H18Cl2N5. The molecule has 5 nitrogen and oxygen atoms in total. The summed E-state index contributed by atoms with van der Waals surface area (Å²) in [6, 6.07) is 15.4. The number of rotatable bonds is 3. The minimum absolute atomic E-state index is 0.639. The average Bonchev–Trinajstić information content (AvgIpc) is 3.14. The lowest BCUT2D eigenvalue weighted by molar-refractivity contribution is 0.672. The molecule has 0 amide bonds. The van der Waals surface area contributed by atoms with Gasteiger partial charge in [0.15, 0.2) is 17.0 Å². The van der Waals surface area contributed by atoms with E-state index in [0.29, 0.717) is 10.0 Å². The first kappa shape index (κ1) is 18.4. The molecule has 2 aromatic heterocycles. The molecule has 1 aliphatic heterocycles. The third-order valence-electron chi connectivity index (χ3n) is 5.13. The number of aromatic nitrogens is 4. The summed E-state index contributed by atoms with van der Waals surface area (Å²) in [6.45, 7) is 1.86. The van der Waals surface area contributed by atoms with Gasteiger partial charge in [-0.05, 0) is 55.7 Å². The smallest absolute Gasteiger partial charge is 0.170 e. The number of imidazole rings is 1. The molecule has 145 valence electrons. The topological polar surface area (TPSA) is 46.8 Å². The zero-order valence-corrected chi connectivity index (χ0v) is 17.1. The van der Waals surface area contributed by atoms with E-state index in [4.69, 9.17) is 28.2 Å². The molecule has 4 aromatic rings. The van der Waals surface area contributed by atoms with Gasteiger partial charge in [0.25, 0.3) is 0 Å². The lowest BCUT2D eigenvalue weighted by atomic mass is 10.1. The number of hydrogen-bond donors (Lipinski definition) is 0. The summed E-state index contributed by atoms with van der Waals surface area (Å²) in [6.07, 6.45) is 6.01. The van der Waals surface area contributed by atoms with Crippen molar-refractivity contribution in [2.24, 2.45) is 0 Å². The molecule has 2 aromatic carbocycles. The van der Waals surface area contributed by atoms with Crippen LogP contribution in [0.3, 0.4) is 0 Å². The van der Waals surface area contributed by atoms with E-state index in [9.17, 15) is 0 Å². The SMILES string of the molecule is Clc1ccc(-n2c(-c3ccccc3Cl)nc3c(N4CC[CH]CC4)ncnc32)cc1. The lowest BCUT2D eigenvalue weighted by Gasteiger charge is -2.27. The van der Waals surface area contributed by atoms with E-state index in [2.05, 4.69) is 21.3 Å². The minimum Gasteiger partial charge on any atom is -0.355 e. The van der Waals surface area contributed by atoms with Crippen LogP contribution < -0.4 is 4.90 Å². The summed E-state index contributed by atoms with van der Waals surface area (Å²) >= 11 is 12.7. The van der Waals surface area contributed by atoms with E-state index in [1.54, 1.807) is 6.33 Å². The van der Waals surface area contributed by atoms with E-state index >= 15 is 0 Å². The van der Waals surface area contributed by atoms with Crippen LogP contribution >= 0.6 is 23.2 Å². The first-order chi connectivity index (χ1) is 14.2. The zero-order valence-electron chi connectivity index (χ0n) is 15.6. The third kappa shape index (κ3) is 3.34. The zero-order chi connectivity index (χ0) is 19.8. The van der Waals surface area contributed by atoms with Gasteiger partial charge in [0.05, 0.1) is 5.02 Å². The van der Waals surface area contributed by atoms with Crippen molar-refractivity contribution < 1.29 is 0 Å². The molecule has 1 fully saturated rings. The molecular weight excluding hydrogens is 405 g/mol. The highest BCUT2D eigenvalue weighted by Crippen LogP contribution is 2.35. The van der Waals surface area contributed by atoms with E-state index < -0.39 is 0 Å². The van der Waals surface area contributed by atoms with Crippen molar-refractivity contribution in [1.82, 2.24) is 19.5 Å². The van der Waals surface area contributed by atoms with Crippen LogP contribution in [0.4, 0.5) is 5.82 Å². The molecule has 1 saturated heterocycles. The molecule has 0 atom stereocenters. The van der Waals surface area contributed by atoms with Crippen LogP contribution in [0.15, 0.2) is 54.9 Å². The first-order valence-electron chi connectivity index (χ1n) is 9.53. The Hall–Kier alpha value is -2.63. The summed E-state index contributed by atoms with van der Waals surface area (Å²) in [5.74, 6) is 1.60. The maximum atomic E-state index is 6.53. The Morgan fingerprint density at radius 3 is 2.38 bits per heavy atom. The maximum Gasteiger partial charge on any atom is 0.170 e. The summed E-state index contributed by atoms with van der Waals surface area (Å²) in [4.78, 5) is 16.4. The quantitative estimate of drug-likeness (QED) is 0.431. The molecule has 0 aliphatic carbocycles. The largest absolute Gasteiger partial charge is 0.355 e. The Morgan fingerprint density at radius 2 is 1.62 bits per heavy atom. The predicted molar refractivity (Wildman–Crippen MR) is 118 cm³/mol. The second kappa shape index (κ2) is 7.65. The summed E-state index contributed by atoms with van der Waals surface area (Å²) in [5.41, 5.74) is 3.30. The van der Waals surface area contributed by atoms with Crippen LogP contribution in [-0.4, -0.2) is 32.6 Å². The Bertz CT molecular complexity index is 1160. The molecule has 7 heteroatoms. The first-order valence-corrected chi connectivity index (χ1v) is 10.3. The molecule has 0 saturated carbocycles. The van der Waals surface area contributed by atoms with Gasteiger partial charge in [0, 0.05) is 29.4 Å². The number of hydrogen-bond acceptors (Lipinski definition) is 4. The number of nitrogens with zero attached hydrogens (tertiary/aromatic N) is 5. The lowest BCUT2D eigenvalue weighted by Crippen LogP contribution is -2.30. The second-order valence-corrected chi connectivity index (χ2v) is 7.79. The van der Waals surface area contributed by atoms with Gasteiger partial charge in [-0.15, -0.1) is 0 Å². The van der Waals surface area contributed by atoms with Gasteiger partial charge in [-0.3, -0.25) is 4.57 Å². The van der Waals surface area contributed by atoms with Crippen molar-refractivity contribution in [3.63, 3.8) is 0 Å². The Kier molecular flexibility index (Phi) is 4.86. The van der Waals surface area contributed by atoms with E-state index in [-0.39, 0.29) is 0 Å². The number of piperidine rings is 1. The molecule has 0 spiro atoms. The van der Waals surface area contributed by atoms with Crippen LogP contribution in [-0.2, 0) is 0 Å². The molecule has 3 heterocycles. The molecule has 0 N–H and O–H groups in total. The van der Waals surface area contributed by atoms with Crippen molar-refractivity contribution in [3.05, 3.63) is 71.3 Å². The molecule has 0 bridgehead atoms. The van der Waals surface area contributed by atoms with Gasteiger partial charge in [-0.2, -0.15) is 0 Å². The van der Waals surface area contributed by atoms with Crippen LogP contribution in [0.1, 0.15) is 12.8 Å². The Balaban J connectivity index is 1.79. The number of benzene rings is 2. The van der Waals surface area contributed by atoms with Gasteiger partial charge in [-0.1, -0.05) is 35.3 Å². The monoisotopic (exact) mass is 422 g/mol. The maximum absolute atomic E-state index is 6.53. The highest BCUT2D eigenvalue weighted by molar-refractivity contribution is 6.33. The Labute approximate surface area is 178 Å². The van der Waals surface area contributed by atoms with Crippen molar-refractivity contribution in [1.29, 1.82) is 0 Å². The highest BCUT2D eigenvalue weighted by atomic mass is 35.5. The van der Waals surface area contributed by atoms with Crippen LogP contribution in [0.25, 0.3) is 28.2 Å². The van der Waals surface area contributed by atoms with E-state index in [1.807, 2.05) is 53.1 Å². The fourth-order valence-corrected chi connectivity index (χ4v) is 4.08. The van der Waals surface area contributed by atoms with Gasteiger partial charge in [0.1, 0.15) is 12.2 Å². The fraction of sp³-hybridized carbons (Fsp3) is 0.182. The van der Waals surface area contributed by atoms with Crippen molar-refractivity contribution >= 4 is 40.2 Å². The number of halogens is 2. The van der Waals surface area contributed by atoms with E-state index in [0.717, 1.165) is 60.0 Å². The molecule has 5 rings (SSSR count). The second-order valence-electron chi connectivity index (χ2n) is 6.95. The normalized spacial score (nSPS) is 14.5. The summed E-state index contributed by atoms with van der Waals surface area (Å²) in [5, 5.41) is 1.32. The average molecular weight is 423 g/mol. The molecule has 1 aliphatic rings. The molecule has 29 heavy (non-hydrogen) atoms. The summed E-state index contributed by atoms with van der Waals surface area (Å²) in [7, 11) is 0. The number of fused-ring (bicyclic) bond motifs is 1.